The van der Waals surface area contributed by atoms with Gasteiger partial charge in [0.1, 0.15) is 5.56 Å². The first-order valence-corrected chi connectivity index (χ1v) is 8.33. The van der Waals surface area contributed by atoms with Crippen molar-refractivity contribution in [1.82, 2.24) is 0 Å². The molecule has 0 atom stereocenters. The highest BCUT2D eigenvalue weighted by Crippen LogP contribution is 2.31. The maximum atomic E-state index is 14.1. The molecule has 0 aromatic heterocycles. The molecule has 1 amide bonds. The van der Waals surface area contributed by atoms with E-state index in [2.05, 4.69) is 15.0 Å². The molecule has 8 heteroatoms. The van der Waals surface area contributed by atoms with E-state index in [0.29, 0.717) is 5.56 Å². The molecule has 146 valence electrons. The van der Waals surface area contributed by atoms with E-state index < -0.39 is 40.5 Å². The minimum atomic E-state index is -1.82. The van der Waals surface area contributed by atoms with E-state index in [1.807, 2.05) is 13.8 Å². The summed E-state index contributed by atoms with van der Waals surface area (Å²) in [6.45, 7) is 7.25. The maximum Gasteiger partial charge on any atom is 0.261 e. The summed E-state index contributed by atoms with van der Waals surface area (Å²) in [6, 6.07) is 5.09. The minimum Gasteiger partial charge on any atom is -0.491 e. The van der Waals surface area contributed by atoms with Crippen LogP contribution in [0.4, 0.5) is 28.9 Å². The number of ether oxygens (including phenoxy) is 1. The Morgan fingerprint density at radius 2 is 1.59 bits per heavy atom. The number of benzene rings is 2. The second-order valence-electron chi connectivity index (χ2n) is 5.79. The lowest BCUT2D eigenvalue weighted by Crippen LogP contribution is -2.22. The highest BCUT2D eigenvalue weighted by Gasteiger charge is 2.30. The molecule has 0 bridgehead atoms. The molecule has 2 rings (SSSR count). The predicted molar refractivity (Wildman–Crippen MR) is 95.5 cm³/mol. The number of carbonyl (C=O) groups excluding carboxylic acids is 1. The number of halogens is 4. The Balaban J connectivity index is 2.39. The highest BCUT2D eigenvalue weighted by molar-refractivity contribution is 6.05. The van der Waals surface area contributed by atoms with Gasteiger partial charge in [0.15, 0.2) is 17.4 Å². The number of aryl methyl sites for hydroxylation is 1. The zero-order valence-electron chi connectivity index (χ0n) is 15.4. The number of nitrogens with one attached hydrogen (secondary N) is 1. The molecule has 27 heavy (non-hydrogen) atoms. The van der Waals surface area contributed by atoms with E-state index >= 15 is 0 Å². The van der Waals surface area contributed by atoms with E-state index in [1.54, 1.807) is 25.1 Å². The summed E-state index contributed by atoms with van der Waals surface area (Å²) in [5.74, 6) is -9.70. The Kier molecular flexibility index (Phi) is 6.30. The number of amides is 1. The normalized spacial score (nSPS) is 10.7. The number of hydrogen-bond donors (Lipinski definition) is 1. The lowest BCUT2D eigenvalue weighted by Gasteiger charge is -2.22. The number of methoxy groups -OCH3 is 1. The number of nitrogens with zero attached hydrogens (tertiary/aromatic N) is 1. The summed E-state index contributed by atoms with van der Waals surface area (Å²) in [5.41, 5.74) is 0.460. The summed E-state index contributed by atoms with van der Waals surface area (Å²) in [5, 5.41) is 2.29. The van der Waals surface area contributed by atoms with Gasteiger partial charge in [0.05, 0.1) is 7.11 Å². The molecule has 2 aromatic rings. The average Bonchev–Trinajstić information content (AvgIpc) is 2.64. The van der Waals surface area contributed by atoms with Crippen molar-refractivity contribution >= 4 is 17.3 Å². The first-order valence-electron chi connectivity index (χ1n) is 8.33. The highest BCUT2D eigenvalue weighted by atomic mass is 19.2. The van der Waals surface area contributed by atoms with E-state index in [0.717, 1.165) is 25.9 Å². The fourth-order valence-electron chi connectivity index (χ4n) is 2.75. The molecule has 2 aromatic carbocycles. The lowest BCUT2D eigenvalue weighted by atomic mass is 10.1. The number of rotatable bonds is 6. The maximum absolute atomic E-state index is 14.1. The smallest absolute Gasteiger partial charge is 0.261 e. The van der Waals surface area contributed by atoms with Crippen LogP contribution in [-0.4, -0.2) is 26.1 Å². The fourth-order valence-corrected chi connectivity index (χ4v) is 2.75. The van der Waals surface area contributed by atoms with Crippen LogP contribution in [0.25, 0.3) is 0 Å². The van der Waals surface area contributed by atoms with Gasteiger partial charge in [-0.25, -0.2) is 8.78 Å². The molecule has 0 fully saturated rings. The molecule has 4 nitrogen and oxygen atoms in total. The fraction of sp³-hybridized carbons (Fsp3) is 0.316. The van der Waals surface area contributed by atoms with Crippen LogP contribution in [0.15, 0.2) is 18.2 Å². The van der Waals surface area contributed by atoms with Gasteiger partial charge in [-0.05, 0) is 44.5 Å². The van der Waals surface area contributed by atoms with Gasteiger partial charge < -0.3 is 15.0 Å². The van der Waals surface area contributed by atoms with Gasteiger partial charge >= 0.3 is 0 Å². The van der Waals surface area contributed by atoms with Gasteiger partial charge in [-0.1, -0.05) is 0 Å². The third kappa shape index (κ3) is 3.84. The van der Waals surface area contributed by atoms with Crippen LogP contribution in [0.3, 0.4) is 0 Å². The summed E-state index contributed by atoms with van der Waals surface area (Å²) >= 11 is 0. The molecular weight excluding hydrogens is 364 g/mol. The van der Waals surface area contributed by atoms with Crippen LogP contribution in [-0.2, 0) is 0 Å². The van der Waals surface area contributed by atoms with Crippen molar-refractivity contribution in [1.29, 1.82) is 0 Å². The first kappa shape index (κ1) is 20.5. The number of hydrogen-bond acceptors (Lipinski definition) is 3. The third-order valence-corrected chi connectivity index (χ3v) is 4.24. The quantitative estimate of drug-likeness (QED) is 0.582. The summed E-state index contributed by atoms with van der Waals surface area (Å²) in [7, 11) is 0.862. The SMILES string of the molecule is CCN(CC)c1ccc(NC(=O)c2c(F)c(F)c(OC)c(F)c2F)c(C)c1. The number of anilines is 2. The largest absolute Gasteiger partial charge is 0.491 e. The van der Waals surface area contributed by atoms with Crippen molar-refractivity contribution in [2.45, 2.75) is 20.8 Å². The van der Waals surface area contributed by atoms with Crippen LogP contribution in [0, 0.1) is 30.2 Å². The van der Waals surface area contributed by atoms with Crippen LogP contribution in [0.2, 0.25) is 0 Å². The molecule has 0 unspecified atom stereocenters. The lowest BCUT2D eigenvalue weighted by molar-refractivity contribution is 0.101. The molecule has 0 aliphatic heterocycles. The molecule has 1 N–H and O–H groups in total. The second-order valence-corrected chi connectivity index (χ2v) is 5.79. The van der Waals surface area contributed by atoms with E-state index in [-0.39, 0.29) is 5.69 Å². The molecule has 0 saturated carbocycles. The van der Waals surface area contributed by atoms with Crippen LogP contribution in [0.1, 0.15) is 29.8 Å². The standard InChI is InChI=1S/C19H20F4N2O2/c1-5-25(6-2)11-7-8-12(10(3)9-11)24-19(26)13-14(20)16(22)18(27-4)17(23)15(13)21/h7-9H,5-6H2,1-4H3,(H,24,26). The van der Waals surface area contributed by atoms with Gasteiger partial charge in [-0.15, -0.1) is 0 Å². The zero-order valence-corrected chi connectivity index (χ0v) is 15.4. The average molecular weight is 384 g/mol. The van der Waals surface area contributed by atoms with Crippen molar-refractivity contribution in [3.05, 3.63) is 52.6 Å². The minimum absolute atomic E-state index is 0.270. The molecule has 0 heterocycles. The Morgan fingerprint density at radius 3 is 2.04 bits per heavy atom. The van der Waals surface area contributed by atoms with E-state index in [4.69, 9.17) is 0 Å². The predicted octanol–water partition coefficient (Wildman–Crippen LogP) is 4.66. The van der Waals surface area contributed by atoms with Gasteiger partial charge in [0.2, 0.25) is 11.6 Å². The molecule has 0 aliphatic carbocycles. The second kappa shape index (κ2) is 8.28. The summed E-state index contributed by atoms with van der Waals surface area (Å²) < 4.78 is 60.1. The van der Waals surface area contributed by atoms with Gasteiger partial charge in [0.25, 0.3) is 5.91 Å². The Morgan fingerprint density at radius 1 is 1.04 bits per heavy atom. The summed E-state index contributed by atoms with van der Waals surface area (Å²) in [4.78, 5) is 14.3. The Labute approximate surface area is 154 Å². The van der Waals surface area contributed by atoms with Crippen LogP contribution >= 0.6 is 0 Å². The van der Waals surface area contributed by atoms with Gasteiger partial charge in [-0.3, -0.25) is 4.79 Å². The molecule has 0 aliphatic rings. The molecule has 0 saturated heterocycles. The van der Waals surface area contributed by atoms with E-state index in [1.165, 1.54) is 0 Å². The Hall–Kier alpha value is -2.77. The zero-order chi connectivity index (χ0) is 20.3. The third-order valence-electron chi connectivity index (χ3n) is 4.24. The molecular formula is C19H20F4N2O2. The first-order chi connectivity index (χ1) is 12.8. The van der Waals surface area contributed by atoms with Crippen molar-refractivity contribution in [3.63, 3.8) is 0 Å². The van der Waals surface area contributed by atoms with Gasteiger partial charge in [-0.2, -0.15) is 8.78 Å². The van der Waals surface area contributed by atoms with Crippen molar-refractivity contribution in [2.24, 2.45) is 0 Å². The molecule has 0 radical (unpaired) electrons. The van der Waals surface area contributed by atoms with Crippen LogP contribution in [0.5, 0.6) is 5.75 Å². The van der Waals surface area contributed by atoms with Gasteiger partial charge in [0, 0.05) is 24.5 Å². The number of carbonyl (C=O) groups is 1. The monoisotopic (exact) mass is 384 g/mol. The topological polar surface area (TPSA) is 41.6 Å². The Bertz CT molecular complexity index is 838. The molecule has 0 spiro atoms. The van der Waals surface area contributed by atoms with Crippen molar-refractivity contribution in [3.8, 4) is 5.75 Å². The van der Waals surface area contributed by atoms with Crippen LogP contribution < -0.4 is 15.0 Å². The van der Waals surface area contributed by atoms with Crippen molar-refractivity contribution < 1.29 is 27.1 Å². The summed E-state index contributed by atoms with van der Waals surface area (Å²) in [6.07, 6.45) is 0. The van der Waals surface area contributed by atoms with E-state index in [9.17, 15) is 22.4 Å². The van der Waals surface area contributed by atoms with Crippen molar-refractivity contribution in [2.75, 3.05) is 30.4 Å².